The SMILES string of the molecule is [C-]#[N+]C(C#N)=C1c2cc([N+](=O)[O-])ccc2-c2c(C(=O)OCCCC)cc([N+](=O)[O-])cc21. The number of carbonyl (C=O) groups is 1. The molecule has 0 amide bonds. The van der Waals surface area contributed by atoms with E-state index in [2.05, 4.69) is 4.85 Å². The number of nitriles is 1. The maximum absolute atomic E-state index is 12.8. The molecule has 3 rings (SSSR count). The normalized spacial score (nSPS) is 12.7. The average Bonchev–Trinajstić information content (AvgIpc) is 3.07. The summed E-state index contributed by atoms with van der Waals surface area (Å²) >= 11 is 0. The van der Waals surface area contributed by atoms with Crippen molar-refractivity contribution >= 4 is 22.9 Å². The minimum Gasteiger partial charge on any atom is -0.462 e. The van der Waals surface area contributed by atoms with Crippen molar-refractivity contribution in [2.45, 2.75) is 19.8 Å². The first-order chi connectivity index (χ1) is 14.8. The Morgan fingerprint density at radius 1 is 1.13 bits per heavy atom. The summed E-state index contributed by atoms with van der Waals surface area (Å²) in [5.74, 6) is -0.791. The molecule has 0 saturated heterocycles. The number of unbranched alkanes of at least 4 members (excludes halogenated alkanes) is 1. The Morgan fingerprint density at radius 2 is 1.81 bits per heavy atom. The van der Waals surface area contributed by atoms with Crippen molar-refractivity contribution < 1.29 is 19.4 Å². The van der Waals surface area contributed by atoms with Crippen LogP contribution in [0, 0.1) is 38.1 Å². The van der Waals surface area contributed by atoms with Crippen LogP contribution in [-0.4, -0.2) is 22.4 Å². The molecule has 0 atom stereocenters. The van der Waals surface area contributed by atoms with Crippen molar-refractivity contribution in [1.82, 2.24) is 0 Å². The van der Waals surface area contributed by atoms with Crippen LogP contribution in [-0.2, 0) is 4.74 Å². The minimum absolute atomic E-state index is 0.0116. The zero-order chi connectivity index (χ0) is 22.7. The topological polar surface area (TPSA) is 141 Å². The van der Waals surface area contributed by atoms with E-state index in [1.807, 2.05) is 6.92 Å². The van der Waals surface area contributed by atoms with Crippen LogP contribution in [0.4, 0.5) is 11.4 Å². The van der Waals surface area contributed by atoms with Gasteiger partial charge < -0.3 is 4.74 Å². The molecule has 0 unspecified atom stereocenters. The second-order valence-electron chi connectivity index (χ2n) is 6.60. The van der Waals surface area contributed by atoms with Crippen LogP contribution in [0.1, 0.15) is 41.3 Å². The number of rotatable bonds is 6. The van der Waals surface area contributed by atoms with Crippen LogP contribution >= 0.6 is 0 Å². The molecule has 0 aliphatic heterocycles. The molecule has 0 bridgehead atoms. The van der Waals surface area contributed by atoms with Gasteiger partial charge in [-0.25, -0.2) is 14.9 Å². The smallest absolute Gasteiger partial charge is 0.339 e. The van der Waals surface area contributed by atoms with Crippen molar-refractivity contribution in [3.63, 3.8) is 0 Å². The van der Waals surface area contributed by atoms with Crippen molar-refractivity contribution in [3.8, 4) is 17.2 Å². The van der Waals surface area contributed by atoms with E-state index in [-0.39, 0.29) is 40.1 Å². The molecule has 0 fully saturated rings. The number of nitro groups is 2. The number of benzene rings is 2. The molecule has 154 valence electrons. The highest BCUT2D eigenvalue weighted by molar-refractivity contribution is 6.11. The molecule has 0 radical (unpaired) electrons. The first-order valence-electron chi connectivity index (χ1n) is 9.15. The van der Waals surface area contributed by atoms with Crippen LogP contribution in [0.15, 0.2) is 36.0 Å². The van der Waals surface area contributed by atoms with Gasteiger partial charge in [-0.05, 0) is 29.2 Å². The quantitative estimate of drug-likeness (QED) is 0.142. The molecule has 0 aromatic heterocycles. The van der Waals surface area contributed by atoms with E-state index in [9.17, 15) is 30.3 Å². The molecule has 31 heavy (non-hydrogen) atoms. The highest BCUT2D eigenvalue weighted by Crippen LogP contribution is 2.50. The molecule has 10 heteroatoms. The second-order valence-corrected chi connectivity index (χ2v) is 6.60. The number of nitrogens with zero attached hydrogens (tertiary/aromatic N) is 4. The number of hydrogen-bond acceptors (Lipinski definition) is 7. The Bertz CT molecular complexity index is 1230. The largest absolute Gasteiger partial charge is 0.462 e. The van der Waals surface area contributed by atoms with E-state index in [0.717, 1.165) is 18.6 Å². The highest BCUT2D eigenvalue weighted by Gasteiger charge is 2.34. The third-order valence-corrected chi connectivity index (χ3v) is 4.76. The minimum atomic E-state index is -0.791. The van der Waals surface area contributed by atoms with Crippen LogP contribution in [0.25, 0.3) is 21.5 Å². The lowest BCUT2D eigenvalue weighted by Gasteiger charge is -2.10. The van der Waals surface area contributed by atoms with Gasteiger partial charge >= 0.3 is 5.97 Å². The predicted molar refractivity (Wildman–Crippen MR) is 109 cm³/mol. The number of ether oxygens (including phenoxy) is 1. The Morgan fingerprint density at radius 3 is 2.39 bits per heavy atom. The van der Waals surface area contributed by atoms with E-state index in [1.165, 1.54) is 18.2 Å². The zero-order valence-electron chi connectivity index (χ0n) is 16.2. The third-order valence-electron chi connectivity index (χ3n) is 4.76. The van der Waals surface area contributed by atoms with Gasteiger partial charge in [0, 0.05) is 35.4 Å². The molecule has 1 aliphatic carbocycles. The van der Waals surface area contributed by atoms with Gasteiger partial charge in [-0.1, -0.05) is 13.3 Å². The van der Waals surface area contributed by atoms with Crippen molar-refractivity contribution in [3.05, 3.63) is 84.4 Å². The second kappa shape index (κ2) is 8.43. The average molecular weight is 418 g/mol. The van der Waals surface area contributed by atoms with Gasteiger partial charge in [0.25, 0.3) is 17.1 Å². The predicted octanol–water partition coefficient (Wildman–Crippen LogP) is 4.64. The fourth-order valence-corrected chi connectivity index (χ4v) is 3.38. The summed E-state index contributed by atoms with van der Waals surface area (Å²) in [7, 11) is 0. The summed E-state index contributed by atoms with van der Waals surface area (Å²) < 4.78 is 5.24. The van der Waals surface area contributed by atoms with Gasteiger partial charge in [0.05, 0.1) is 34.7 Å². The molecule has 0 saturated carbocycles. The molecule has 2 aromatic rings. The Labute approximate surface area is 176 Å². The summed E-state index contributed by atoms with van der Waals surface area (Å²) in [6.07, 6.45) is 1.38. The molecular formula is C21H14N4O6. The van der Waals surface area contributed by atoms with Crippen LogP contribution < -0.4 is 0 Å². The van der Waals surface area contributed by atoms with Gasteiger partial charge in [0.15, 0.2) is 0 Å². The summed E-state index contributed by atoms with van der Waals surface area (Å²) in [6.45, 7) is 9.35. The van der Waals surface area contributed by atoms with Crippen LogP contribution in [0.5, 0.6) is 0 Å². The monoisotopic (exact) mass is 418 g/mol. The van der Waals surface area contributed by atoms with E-state index in [1.54, 1.807) is 6.07 Å². The number of allylic oxidation sites excluding steroid dienone is 1. The molecular weight excluding hydrogens is 404 g/mol. The van der Waals surface area contributed by atoms with Crippen molar-refractivity contribution in [1.29, 1.82) is 5.26 Å². The van der Waals surface area contributed by atoms with Gasteiger partial charge in [-0.3, -0.25) is 20.2 Å². The Kier molecular flexibility index (Phi) is 5.75. The van der Waals surface area contributed by atoms with Gasteiger partial charge in [-0.2, -0.15) is 0 Å². The lowest BCUT2D eigenvalue weighted by Crippen LogP contribution is -2.09. The van der Waals surface area contributed by atoms with E-state index in [4.69, 9.17) is 11.3 Å². The Hall–Kier alpha value is -4.57. The van der Waals surface area contributed by atoms with Crippen LogP contribution in [0.3, 0.4) is 0 Å². The van der Waals surface area contributed by atoms with Gasteiger partial charge in [0.1, 0.15) is 0 Å². The maximum Gasteiger partial charge on any atom is 0.339 e. The number of fused-ring (bicyclic) bond motifs is 3. The van der Waals surface area contributed by atoms with E-state index < -0.39 is 27.2 Å². The number of non-ortho nitro benzene ring substituents is 2. The molecule has 2 aromatic carbocycles. The van der Waals surface area contributed by atoms with Crippen molar-refractivity contribution in [2.24, 2.45) is 0 Å². The fourth-order valence-electron chi connectivity index (χ4n) is 3.38. The first kappa shape index (κ1) is 21.1. The highest BCUT2D eigenvalue weighted by atomic mass is 16.6. The maximum atomic E-state index is 12.8. The molecule has 0 heterocycles. The lowest BCUT2D eigenvalue weighted by atomic mass is 9.97. The molecule has 1 aliphatic rings. The summed E-state index contributed by atoms with van der Waals surface area (Å²) in [4.78, 5) is 37.4. The van der Waals surface area contributed by atoms with Gasteiger partial charge in [0.2, 0.25) is 0 Å². The summed E-state index contributed by atoms with van der Waals surface area (Å²) in [6, 6.07) is 7.77. The van der Waals surface area contributed by atoms with Crippen molar-refractivity contribution in [2.75, 3.05) is 6.61 Å². The van der Waals surface area contributed by atoms with E-state index in [0.29, 0.717) is 12.0 Å². The van der Waals surface area contributed by atoms with E-state index >= 15 is 0 Å². The standard InChI is InChI=1S/C21H14N4O6/c1-3-4-7-31-21(26)17-10-13(25(29)30)9-16-19(17)14-6-5-12(24(27)28)8-15(14)20(16)18(11-22)23-2/h5-6,8-10H,3-4,7H2,1H3. The number of carbonyl (C=O) groups excluding carboxylic acids is 1. The number of nitro benzene ring substituents is 2. The lowest BCUT2D eigenvalue weighted by molar-refractivity contribution is -0.385. The zero-order valence-corrected chi connectivity index (χ0v) is 16.2. The third kappa shape index (κ3) is 3.70. The fraction of sp³-hybridized carbons (Fsp3) is 0.190. The molecule has 0 spiro atoms. The molecule has 10 nitrogen and oxygen atoms in total. The Balaban J connectivity index is 2.38. The summed E-state index contributed by atoms with van der Waals surface area (Å²) in [5, 5.41) is 32.2. The summed E-state index contributed by atoms with van der Waals surface area (Å²) in [5.41, 5.74) is -0.320. The number of esters is 1. The molecule has 0 N–H and O–H groups in total. The van der Waals surface area contributed by atoms with Crippen LogP contribution in [0.2, 0.25) is 0 Å². The number of hydrogen-bond donors (Lipinski definition) is 0. The van der Waals surface area contributed by atoms with Gasteiger partial charge in [-0.15, -0.1) is 0 Å². The first-order valence-corrected chi connectivity index (χ1v) is 9.15.